The molecule has 3 rings (SSSR count). The second kappa shape index (κ2) is 7.92. The van der Waals surface area contributed by atoms with E-state index in [0.717, 1.165) is 12.0 Å². The van der Waals surface area contributed by atoms with Gasteiger partial charge in [0, 0.05) is 13.1 Å². The Kier molecular flexibility index (Phi) is 5.43. The number of alkyl halides is 2. The zero-order valence-electron chi connectivity index (χ0n) is 13.7. The Hall–Kier alpha value is -2.69. The number of ether oxygens (including phenoxy) is 1. The SMILES string of the molecule is O=C(Cc1ccc(OC(F)F)cc1)N1CC=C(c2ccccc2)CC1. The Labute approximate surface area is 145 Å². The molecular formula is C20H19F2NO2. The van der Waals surface area contributed by atoms with Crippen molar-refractivity contribution in [3.05, 3.63) is 71.8 Å². The lowest BCUT2D eigenvalue weighted by Gasteiger charge is -2.27. The van der Waals surface area contributed by atoms with Crippen LogP contribution >= 0.6 is 0 Å². The lowest BCUT2D eigenvalue weighted by atomic mass is 9.99. The molecule has 0 saturated heterocycles. The van der Waals surface area contributed by atoms with Crippen LogP contribution in [0.15, 0.2) is 60.7 Å². The summed E-state index contributed by atoms with van der Waals surface area (Å²) in [5.74, 6) is 0.130. The molecule has 130 valence electrons. The van der Waals surface area contributed by atoms with Crippen LogP contribution in [0.25, 0.3) is 5.57 Å². The van der Waals surface area contributed by atoms with Crippen LogP contribution in [0.2, 0.25) is 0 Å². The molecule has 1 heterocycles. The van der Waals surface area contributed by atoms with Crippen molar-refractivity contribution < 1.29 is 18.3 Å². The predicted octanol–water partition coefficient (Wildman–Crippen LogP) is 4.15. The molecule has 25 heavy (non-hydrogen) atoms. The molecule has 0 aromatic heterocycles. The molecule has 0 unspecified atom stereocenters. The second-order valence-corrected chi connectivity index (χ2v) is 5.88. The van der Waals surface area contributed by atoms with Crippen LogP contribution < -0.4 is 4.74 Å². The molecule has 2 aromatic carbocycles. The number of carbonyl (C=O) groups excluding carboxylic acids is 1. The highest BCUT2D eigenvalue weighted by Crippen LogP contribution is 2.22. The summed E-state index contributed by atoms with van der Waals surface area (Å²) in [4.78, 5) is 14.2. The maximum atomic E-state index is 12.4. The quantitative estimate of drug-likeness (QED) is 0.816. The van der Waals surface area contributed by atoms with E-state index in [9.17, 15) is 13.6 Å². The maximum absolute atomic E-state index is 12.4. The van der Waals surface area contributed by atoms with E-state index in [1.54, 1.807) is 12.1 Å². The van der Waals surface area contributed by atoms with Crippen molar-refractivity contribution in [3.63, 3.8) is 0 Å². The molecule has 3 nitrogen and oxygen atoms in total. The van der Waals surface area contributed by atoms with E-state index in [1.807, 2.05) is 23.1 Å². The van der Waals surface area contributed by atoms with Crippen LogP contribution in [0, 0.1) is 0 Å². The molecule has 0 bridgehead atoms. The normalized spacial score (nSPS) is 14.4. The van der Waals surface area contributed by atoms with Crippen LogP contribution in [-0.4, -0.2) is 30.5 Å². The van der Waals surface area contributed by atoms with Crippen LogP contribution in [0.3, 0.4) is 0 Å². The summed E-state index contributed by atoms with van der Waals surface area (Å²) in [5.41, 5.74) is 3.24. The summed E-state index contributed by atoms with van der Waals surface area (Å²) < 4.78 is 28.6. The summed E-state index contributed by atoms with van der Waals surface area (Å²) in [6.07, 6.45) is 3.18. The van der Waals surface area contributed by atoms with Crippen molar-refractivity contribution in [1.82, 2.24) is 4.90 Å². The van der Waals surface area contributed by atoms with Gasteiger partial charge in [0.15, 0.2) is 0 Å². The molecule has 0 aliphatic carbocycles. The number of amides is 1. The first-order valence-corrected chi connectivity index (χ1v) is 8.18. The minimum Gasteiger partial charge on any atom is -0.435 e. The van der Waals surface area contributed by atoms with Gasteiger partial charge in [0.05, 0.1) is 6.42 Å². The average Bonchev–Trinajstić information content (AvgIpc) is 2.64. The van der Waals surface area contributed by atoms with Crippen LogP contribution in [0.1, 0.15) is 17.5 Å². The largest absolute Gasteiger partial charge is 0.435 e. The summed E-state index contributed by atoms with van der Waals surface area (Å²) in [5, 5.41) is 0. The molecule has 1 aliphatic heterocycles. The van der Waals surface area contributed by atoms with E-state index in [-0.39, 0.29) is 18.1 Å². The van der Waals surface area contributed by atoms with Crippen LogP contribution in [0.4, 0.5) is 8.78 Å². The fraction of sp³-hybridized carbons (Fsp3) is 0.250. The van der Waals surface area contributed by atoms with Crippen molar-refractivity contribution >= 4 is 11.5 Å². The van der Waals surface area contributed by atoms with Gasteiger partial charge in [0.25, 0.3) is 0 Å². The molecule has 0 atom stereocenters. The average molecular weight is 343 g/mol. The third-order valence-electron chi connectivity index (χ3n) is 4.21. The first-order chi connectivity index (χ1) is 12.1. The topological polar surface area (TPSA) is 29.5 Å². The summed E-state index contributed by atoms with van der Waals surface area (Å²) in [6.45, 7) is -1.56. The Morgan fingerprint density at radius 1 is 1.08 bits per heavy atom. The third kappa shape index (κ3) is 4.66. The van der Waals surface area contributed by atoms with E-state index in [1.165, 1.54) is 23.3 Å². The molecule has 2 aromatic rings. The maximum Gasteiger partial charge on any atom is 0.387 e. The number of benzene rings is 2. The van der Waals surface area contributed by atoms with Crippen molar-refractivity contribution in [3.8, 4) is 5.75 Å². The van der Waals surface area contributed by atoms with Crippen LogP contribution in [0.5, 0.6) is 5.75 Å². The van der Waals surface area contributed by atoms with Crippen molar-refractivity contribution in [1.29, 1.82) is 0 Å². The standard InChI is InChI=1S/C20H19F2NO2/c21-20(22)25-18-8-6-15(7-9-18)14-19(24)23-12-10-17(11-13-23)16-4-2-1-3-5-16/h1-10,20H,11-14H2. The van der Waals surface area contributed by atoms with Gasteiger partial charge >= 0.3 is 6.61 Å². The van der Waals surface area contributed by atoms with Gasteiger partial charge in [-0.3, -0.25) is 4.79 Å². The number of hydrogen-bond acceptors (Lipinski definition) is 2. The molecule has 0 fully saturated rings. The second-order valence-electron chi connectivity index (χ2n) is 5.88. The van der Waals surface area contributed by atoms with Gasteiger partial charge < -0.3 is 9.64 Å². The molecule has 1 amide bonds. The van der Waals surface area contributed by atoms with Crippen LogP contribution in [-0.2, 0) is 11.2 Å². The van der Waals surface area contributed by atoms with Gasteiger partial charge in [-0.25, -0.2) is 0 Å². The fourth-order valence-corrected chi connectivity index (χ4v) is 2.89. The van der Waals surface area contributed by atoms with Crippen molar-refractivity contribution in [2.24, 2.45) is 0 Å². The Morgan fingerprint density at radius 3 is 2.40 bits per heavy atom. The highest BCUT2D eigenvalue weighted by molar-refractivity contribution is 5.80. The molecular weight excluding hydrogens is 324 g/mol. The molecule has 0 radical (unpaired) electrons. The molecule has 0 spiro atoms. The minimum absolute atomic E-state index is 0.0332. The van der Waals surface area contributed by atoms with Crippen molar-refractivity contribution in [2.45, 2.75) is 19.5 Å². The first kappa shape index (κ1) is 17.1. The molecule has 0 N–H and O–H groups in total. The minimum atomic E-state index is -2.84. The van der Waals surface area contributed by atoms with Gasteiger partial charge in [-0.05, 0) is 35.3 Å². The van der Waals surface area contributed by atoms with Gasteiger partial charge in [-0.15, -0.1) is 0 Å². The van der Waals surface area contributed by atoms with Gasteiger partial charge in [-0.2, -0.15) is 8.78 Å². The van der Waals surface area contributed by atoms with E-state index in [2.05, 4.69) is 22.9 Å². The lowest BCUT2D eigenvalue weighted by Crippen LogP contribution is -2.35. The molecule has 0 saturated carbocycles. The highest BCUT2D eigenvalue weighted by atomic mass is 19.3. The monoisotopic (exact) mass is 343 g/mol. The Bertz CT molecular complexity index is 742. The number of rotatable bonds is 5. The zero-order valence-corrected chi connectivity index (χ0v) is 13.7. The molecule has 5 heteroatoms. The number of nitrogens with zero attached hydrogens (tertiary/aromatic N) is 1. The summed E-state index contributed by atoms with van der Waals surface area (Å²) in [6, 6.07) is 16.4. The number of halogens is 2. The Balaban J connectivity index is 1.57. The van der Waals surface area contributed by atoms with E-state index in [0.29, 0.717) is 13.1 Å². The number of carbonyl (C=O) groups is 1. The third-order valence-corrected chi connectivity index (χ3v) is 4.21. The smallest absolute Gasteiger partial charge is 0.387 e. The van der Waals surface area contributed by atoms with Crippen molar-refractivity contribution in [2.75, 3.05) is 13.1 Å². The lowest BCUT2D eigenvalue weighted by molar-refractivity contribution is -0.130. The van der Waals surface area contributed by atoms with Gasteiger partial charge in [-0.1, -0.05) is 48.5 Å². The van der Waals surface area contributed by atoms with Gasteiger partial charge in [0.1, 0.15) is 5.75 Å². The fourth-order valence-electron chi connectivity index (χ4n) is 2.89. The summed E-state index contributed by atoms with van der Waals surface area (Å²) in [7, 11) is 0. The van der Waals surface area contributed by atoms with E-state index in [4.69, 9.17) is 0 Å². The molecule has 1 aliphatic rings. The zero-order chi connectivity index (χ0) is 17.6. The van der Waals surface area contributed by atoms with Gasteiger partial charge in [0.2, 0.25) is 5.91 Å². The highest BCUT2D eigenvalue weighted by Gasteiger charge is 2.18. The first-order valence-electron chi connectivity index (χ1n) is 8.18. The van der Waals surface area contributed by atoms with E-state index < -0.39 is 6.61 Å². The predicted molar refractivity (Wildman–Crippen MR) is 92.4 cm³/mol. The number of hydrogen-bond donors (Lipinski definition) is 0. The van der Waals surface area contributed by atoms with E-state index >= 15 is 0 Å². The summed E-state index contributed by atoms with van der Waals surface area (Å²) >= 11 is 0. The Morgan fingerprint density at radius 2 is 1.80 bits per heavy atom.